The Labute approximate surface area is 283 Å². The van der Waals surface area contributed by atoms with Gasteiger partial charge in [-0.15, -0.1) is 11.3 Å². The van der Waals surface area contributed by atoms with E-state index in [1.807, 2.05) is 0 Å². The first-order valence-electron chi connectivity index (χ1n) is 14.2. The first kappa shape index (κ1) is 35.4. The highest BCUT2D eigenvalue weighted by atomic mass is 32.2. The zero-order valence-electron chi connectivity index (χ0n) is 24.5. The highest BCUT2D eigenvalue weighted by molar-refractivity contribution is 8.26. The minimum atomic E-state index is -5.04. The number of carbonyl (C=O) groups is 3. The van der Waals surface area contributed by atoms with Gasteiger partial charge in [0, 0.05) is 42.2 Å². The molecule has 2 fully saturated rings. The van der Waals surface area contributed by atoms with Gasteiger partial charge in [-0.05, 0) is 73.0 Å². The van der Waals surface area contributed by atoms with Gasteiger partial charge in [0.15, 0.2) is 0 Å². The molecule has 1 aromatic heterocycles. The fraction of sp³-hybridized carbons (Fsp3) is 0.290. The second kappa shape index (κ2) is 13.9. The van der Waals surface area contributed by atoms with Crippen LogP contribution in [0.3, 0.4) is 0 Å². The van der Waals surface area contributed by atoms with Crippen LogP contribution < -0.4 is 10.2 Å². The fourth-order valence-corrected chi connectivity index (χ4v) is 7.60. The Balaban J connectivity index is 1.40. The number of hydrogen-bond donors (Lipinski definition) is 3. The van der Waals surface area contributed by atoms with E-state index in [0.717, 1.165) is 23.1 Å². The number of thiocarbonyl (C=S) groups is 1. The molecular weight excluding hydrogens is 705 g/mol. The zero-order valence-corrected chi connectivity index (χ0v) is 27.0. The number of thioether (sulfide) groups is 1. The zero-order chi connectivity index (χ0) is 35.0. The van der Waals surface area contributed by atoms with E-state index in [1.165, 1.54) is 41.3 Å². The topological polar surface area (TPSA) is 110 Å². The second-order valence-corrected chi connectivity index (χ2v) is 13.6. The predicted molar refractivity (Wildman–Crippen MR) is 174 cm³/mol. The normalized spacial score (nSPS) is 17.0. The number of alkyl halides is 6. The molecule has 2 aliphatic heterocycles. The SMILES string of the molecule is O=C(CCN1C(=O)C(=Cc2cc(-c3cc(C(F)(F)F)cc(C(F)(F)F)c3)c(N3CCC(O)CC3)s2)SC1=S)Nc1ccc(C(=O)O)cc1. The number of nitrogens with zero attached hydrogens (tertiary/aromatic N) is 2. The van der Waals surface area contributed by atoms with E-state index in [-0.39, 0.29) is 44.9 Å². The van der Waals surface area contributed by atoms with E-state index in [2.05, 4.69) is 5.32 Å². The molecule has 254 valence electrons. The van der Waals surface area contributed by atoms with Crippen molar-refractivity contribution in [3.8, 4) is 11.1 Å². The average molecular weight is 730 g/mol. The predicted octanol–water partition coefficient (Wildman–Crippen LogP) is 7.34. The van der Waals surface area contributed by atoms with E-state index < -0.39 is 47.4 Å². The van der Waals surface area contributed by atoms with Gasteiger partial charge in [-0.2, -0.15) is 26.3 Å². The lowest BCUT2D eigenvalue weighted by atomic mass is 9.99. The summed E-state index contributed by atoms with van der Waals surface area (Å²) in [6.45, 7) is 0.544. The molecule has 2 aliphatic rings. The molecule has 3 heterocycles. The number of carboxylic acids is 1. The van der Waals surface area contributed by atoms with E-state index >= 15 is 0 Å². The summed E-state index contributed by atoms with van der Waals surface area (Å²) in [5.74, 6) is -2.11. The minimum Gasteiger partial charge on any atom is -0.478 e. The number of carbonyl (C=O) groups excluding carboxylic acids is 2. The molecule has 0 saturated carbocycles. The molecule has 3 N–H and O–H groups in total. The Morgan fingerprint density at radius 2 is 1.58 bits per heavy atom. The largest absolute Gasteiger partial charge is 0.478 e. The molecule has 17 heteroatoms. The summed E-state index contributed by atoms with van der Waals surface area (Å²) < 4.78 is 82.3. The molecule has 48 heavy (non-hydrogen) atoms. The van der Waals surface area contributed by atoms with Gasteiger partial charge in [0.1, 0.15) is 4.32 Å². The maximum atomic E-state index is 13.7. The fourth-order valence-electron chi connectivity index (χ4n) is 5.05. The Kier molecular flexibility index (Phi) is 10.2. The molecule has 2 aromatic carbocycles. The lowest BCUT2D eigenvalue weighted by Gasteiger charge is -2.31. The van der Waals surface area contributed by atoms with Crippen molar-refractivity contribution in [2.24, 2.45) is 0 Å². The van der Waals surface area contributed by atoms with Crippen LogP contribution in [-0.4, -0.2) is 63.0 Å². The number of carboxylic acid groups (broad SMARTS) is 1. The Morgan fingerprint density at radius 3 is 2.15 bits per heavy atom. The van der Waals surface area contributed by atoms with Crippen molar-refractivity contribution < 1.29 is 50.9 Å². The highest BCUT2D eigenvalue weighted by Gasteiger charge is 2.38. The van der Waals surface area contributed by atoms with Crippen molar-refractivity contribution in [3.63, 3.8) is 0 Å². The number of anilines is 2. The molecule has 0 spiro atoms. The van der Waals surface area contributed by atoms with Gasteiger partial charge >= 0.3 is 18.3 Å². The van der Waals surface area contributed by atoms with Gasteiger partial charge in [0.25, 0.3) is 5.91 Å². The van der Waals surface area contributed by atoms with Crippen LogP contribution in [0.2, 0.25) is 0 Å². The lowest BCUT2D eigenvalue weighted by molar-refractivity contribution is -0.143. The van der Waals surface area contributed by atoms with Crippen LogP contribution in [0.25, 0.3) is 17.2 Å². The van der Waals surface area contributed by atoms with Gasteiger partial charge in [0.2, 0.25) is 5.91 Å². The van der Waals surface area contributed by atoms with Gasteiger partial charge in [-0.3, -0.25) is 14.5 Å². The monoisotopic (exact) mass is 729 g/mol. The van der Waals surface area contributed by atoms with Crippen LogP contribution in [0, 0.1) is 0 Å². The first-order valence-corrected chi connectivity index (χ1v) is 16.3. The molecule has 8 nitrogen and oxygen atoms in total. The van der Waals surface area contributed by atoms with Gasteiger partial charge in [-0.25, -0.2) is 4.79 Å². The molecule has 5 rings (SSSR count). The van der Waals surface area contributed by atoms with Crippen LogP contribution >= 0.6 is 35.3 Å². The Hall–Kier alpha value is -3.93. The molecule has 2 saturated heterocycles. The van der Waals surface area contributed by atoms with Crippen molar-refractivity contribution >= 4 is 74.2 Å². The average Bonchev–Trinajstić information content (AvgIpc) is 3.55. The lowest BCUT2D eigenvalue weighted by Crippen LogP contribution is -2.35. The Morgan fingerprint density at radius 1 is 0.979 bits per heavy atom. The van der Waals surface area contributed by atoms with E-state index in [9.17, 15) is 45.8 Å². The minimum absolute atomic E-state index is 0.0398. The van der Waals surface area contributed by atoms with Crippen molar-refractivity contribution in [1.29, 1.82) is 0 Å². The van der Waals surface area contributed by atoms with Gasteiger partial charge < -0.3 is 20.4 Å². The molecule has 0 aliphatic carbocycles. The summed E-state index contributed by atoms with van der Waals surface area (Å²) in [5, 5.41) is 22.0. The maximum Gasteiger partial charge on any atom is 0.416 e. The summed E-state index contributed by atoms with van der Waals surface area (Å²) in [6.07, 6.45) is -8.66. The van der Waals surface area contributed by atoms with Crippen LogP contribution in [-0.2, 0) is 21.9 Å². The summed E-state index contributed by atoms with van der Waals surface area (Å²) in [5.41, 5.74) is -2.71. The summed E-state index contributed by atoms with van der Waals surface area (Å²) in [6, 6.07) is 8.30. The van der Waals surface area contributed by atoms with Crippen LogP contribution in [0.1, 0.15) is 45.6 Å². The number of piperidine rings is 1. The highest BCUT2D eigenvalue weighted by Crippen LogP contribution is 2.45. The number of nitrogens with one attached hydrogen (secondary N) is 1. The van der Waals surface area contributed by atoms with Crippen molar-refractivity contribution in [3.05, 3.63) is 75.0 Å². The van der Waals surface area contributed by atoms with Crippen molar-refractivity contribution in [1.82, 2.24) is 4.90 Å². The number of aliphatic hydroxyl groups is 1. The Bertz CT molecular complexity index is 1750. The first-order chi connectivity index (χ1) is 22.5. The molecule has 0 radical (unpaired) electrons. The molecule has 2 amide bonds. The summed E-state index contributed by atoms with van der Waals surface area (Å²) in [7, 11) is 0. The third-order valence-corrected chi connectivity index (χ3v) is 10.0. The van der Waals surface area contributed by atoms with Crippen molar-refractivity contribution in [2.45, 2.75) is 37.7 Å². The number of benzene rings is 2. The van der Waals surface area contributed by atoms with Gasteiger partial charge in [0.05, 0.1) is 32.7 Å². The number of rotatable bonds is 8. The van der Waals surface area contributed by atoms with E-state index in [0.29, 0.717) is 53.6 Å². The van der Waals surface area contributed by atoms with Crippen molar-refractivity contribution in [2.75, 3.05) is 29.9 Å². The molecular formula is C31H25F6N3O5S3. The third-order valence-electron chi connectivity index (χ3n) is 7.51. The molecule has 0 bridgehead atoms. The molecule has 0 unspecified atom stereocenters. The number of aromatic carboxylic acids is 1. The van der Waals surface area contributed by atoms with Gasteiger partial charge in [-0.1, -0.05) is 24.0 Å². The van der Waals surface area contributed by atoms with Crippen LogP contribution in [0.15, 0.2) is 53.4 Å². The number of amides is 2. The number of thiophene rings is 1. The van der Waals surface area contributed by atoms with Crippen LogP contribution in [0.5, 0.6) is 0 Å². The maximum absolute atomic E-state index is 13.7. The van der Waals surface area contributed by atoms with E-state index in [4.69, 9.17) is 17.3 Å². The second-order valence-electron chi connectivity index (χ2n) is 10.9. The standard InChI is InChI=1S/C31H25F6N3O5S3/c32-30(33,34)18-11-17(12-19(13-18)31(35,36)37)23-14-22(47-27(23)39-8-5-21(41)6-9-39)15-24-26(43)40(29(46)48-24)10-7-25(42)38-20-3-1-16(2-4-20)28(44)45/h1-4,11-15,21,41H,5-10H2,(H,38,42)(H,44,45). The quantitative estimate of drug-likeness (QED) is 0.126. The number of hydrogen-bond acceptors (Lipinski definition) is 8. The number of halogens is 6. The summed E-state index contributed by atoms with van der Waals surface area (Å²) >= 11 is 7.37. The smallest absolute Gasteiger partial charge is 0.416 e. The third kappa shape index (κ3) is 8.19. The van der Waals surface area contributed by atoms with E-state index in [1.54, 1.807) is 4.90 Å². The van der Waals surface area contributed by atoms with Crippen LogP contribution in [0.4, 0.5) is 37.0 Å². The molecule has 0 atom stereocenters. The number of aliphatic hydroxyl groups excluding tert-OH is 1. The summed E-state index contributed by atoms with van der Waals surface area (Å²) in [4.78, 5) is 40.3. The molecule has 3 aromatic rings.